The summed E-state index contributed by atoms with van der Waals surface area (Å²) in [5.41, 5.74) is 0.642. The predicted molar refractivity (Wildman–Crippen MR) is 70.0 cm³/mol. The first-order chi connectivity index (χ1) is 8.52. The molecular weight excluding hydrogens is 232 g/mol. The average Bonchev–Trinajstić information content (AvgIpc) is 2.36. The van der Waals surface area contributed by atoms with Crippen LogP contribution in [0.4, 0.5) is 5.69 Å². The van der Waals surface area contributed by atoms with Crippen LogP contribution in [-0.4, -0.2) is 16.9 Å². The van der Waals surface area contributed by atoms with E-state index in [0.29, 0.717) is 5.56 Å². The number of nitrogens with zero attached hydrogens (tertiary/aromatic N) is 1. The number of nitrogens with one attached hydrogen (secondary N) is 1. The molecule has 0 bridgehead atoms. The van der Waals surface area contributed by atoms with Gasteiger partial charge in [0.2, 0.25) is 5.91 Å². The highest BCUT2D eigenvalue weighted by Gasteiger charge is 2.04. The standard InChI is InChI=1S/C13H16N2O3/c1-3-10(2)14-13(16)8-7-11-5-4-6-12(9-11)15(17)18/h4-10H,3H2,1-2H3,(H,14,16)/b8-7+/t10-/m0/s1. The summed E-state index contributed by atoms with van der Waals surface area (Å²) < 4.78 is 0. The summed E-state index contributed by atoms with van der Waals surface area (Å²) in [6, 6.07) is 6.25. The van der Waals surface area contributed by atoms with Crippen LogP contribution < -0.4 is 5.32 Å². The van der Waals surface area contributed by atoms with Gasteiger partial charge in [-0.1, -0.05) is 19.1 Å². The molecule has 5 heteroatoms. The van der Waals surface area contributed by atoms with E-state index in [-0.39, 0.29) is 17.6 Å². The second kappa shape index (κ2) is 6.54. The van der Waals surface area contributed by atoms with Crippen molar-refractivity contribution in [1.82, 2.24) is 5.32 Å². The molecule has 0 aliphatic carbocycles. The van der Waals surface area contributed by atoms with Crippen molar-refractivity contribution < 1.29 is 9.72 Å². The highest BCUT2D eigenvalue weighted by molar-refractivity contribution is 5.91. The lowest BCUT2D eigenvalue weighted by Crippen LogP contribution is -2.30. The molecule has 0 unspecified atom stereocenters. The van der Waals surface area contributed by atoms with Crippen LogP contribution in [-0.2, 0) is 4.79 Å². The van der Waals surface area contributed by atoms with Gasteiger partial charge in [0.1, 0.15) is 0 Å². The van der Waals surface area contributed by atoms with E-state index in [1.54, 1.807) is 18.2 Å². The van der Waals surface area contributed by atoms with Gasteiger partial charge in [-0.3, -0.25) is 14.9 Å². The van der Waals surface area contributed by atoms with Gasteiger partial charge >= 0.3 is 0 Å². The Labute approximate surface area is 106 Å². The molecule has 0 saturated heterocycles. The summed E-state index contributed by atoms with van der Waals surface area (Å²) in [6.07, 6.45) is 3.80. The van der Waals surface area contributed by atoms with Crippen LogP contribution in [0.15, 0.2) is 30.3 Å². The van der Waals surface area contributed by atoms with Crippen molar-refractivity contribution >= 4 is 17.7 Å². The third-order valence-electron chi connectivity index (χ3n) is 2.51. The molecule has 0 aliphatic rings. The molecule has 1 amide bonds. The van der Waals surface area contributed by atoms with Crippen LogP contribution in [0.25, 0.3) is 6.08 Å². The molecule has 0 aromatic heterocycles. The molecule has 0 spiro atoms. The zero-order valence-corrected chi connectivity index (χ0v) is 10.4. The molecule has 18 heavy (non-hydrogen) atoms. The molecule has 0 fully saturated rings. The van der Waals surface area contributed by atoms with Crippen molar-refractivity contribution in [2.24, 2.45) is 0 Å². The van der Waals surface area contributed by atoms with Crippen molar-refractivity contribution in [3.8, 4) is 0 Å². The maximum atomic E-state index is 11.5. The monoisotopic (exact) mass is 248 g/mol. The number of carbonyl (C=O) groups is 1. The second-order valence-electron chi connectivity index (χ2n) is 4.00. The Morgan fingerprint density at radius 3 is 2.89 bits per heavy atom. The first-order valence-electron chi connectivity index (χ1n) is 5.76. The second-order valence-corrected chi connectivity index (χ2v) is 4.00. The number of non-ortho nitro benzene ring substituents is 1. The fourth-order valence-corrected chi connectivity index (χ4v) is 1.31. The molecule has 1 aromatic carbocycles. The molecule has 1 aromatic rings. The highest BCUT2D eigenvalue weighted by atomic mass is 16.6. The normalized spacial score (nSPS) is 12.3. The fourth-order valence-electron chi connectivity index (χ4n) is 1.31. The maximum absolute atomic E-state index is 11.5. The summed E-state index contributed by atoms with van der Waals surface area (Å²) >= 11 is 0. The third-order valence-corrected chi connectivity index (χ3v) is 2.51. The molecular formula is C13H16N2O3. The van der Waals surface area contributed by atoms with Crippen LogP contribution in [0.2, 0.25) is 0 Å². The Morgan fingerprint density at radius 1 is 1.56 bits per heavy atom. The van der Waals surface area contributed by atoms with Gasteiger partial charge in [-0.2, -0.15) is 0 Å². The zero-order valence-electron chi connectivity index (χ0n) is 10.4. The van der Waals surface area contributed by atoms with Gasteiger partial charge in [-0.05, 0) is 25.0 Å². The molecule has 0 radical (unpaired) electrons. The molecule has 0 heterocycles. The van der Waals surface area contributed by atoms with Crippen LogP contribution in [0.3, 0.4) is 0 Å². The Kier molecular flexibility index (Phi) is 5.05. The van der Waals surface area contributed by atoms with Gasteiger partial charge in [0.15, 0.2) is 0 Å². The summed E-state index contributed by atoms with van der Waals surface area (Å²) in [5.74, 6) is -0.198. The van der Waals surface area contributed by atoms with Gasteiger partial charge in [-0.25, -0.2) is 0 Å². The lowest BCUT2D eigenvalue weighted by atomic mass is 10.2. The number of nitro benzene ring substituents is 1. The number of carbonyl (C=O) groups excluding carboxylic acids is 1. The van der Waals surface area contributed by atoms with E-state index < -0.39 is 4.92 Å². The molecule has 1 rings (SSSR count). The molecule has 5 nitrogen and oxygen atoms in total. The first-order valence-corrected chi connectivity index (χ1v) is 5.76. The largest absolute Gasteiger partial charge is 0.350 e. The summed E-state index contributed by atoms with van der Waals surface area (Å²) in [6.45, 7) is 3.90. The van der Waals surface area contributed by atoms with Crippen LogP contribution in [0, 0.1) is 10.1 Å². The van der Waals surface area contributed by atoms with Gasteiger partial charge in [-0.15, -0.1) is 0 Å². The van der Waals surface area contributed by atoms with E-state index in [4.69, 9.17) is 0 Å². The Balaban J connectivity index is 2.69. The van der Waals surface area contributed by atoms with E-state index in [0.717, 1.165) is 6.42 Å². The van der Waals surface area contributed by atoms with E-state index in [1.165, 1.54) is 18.2 Å². The topological polar surface area (TPSA) is 72.2 Å². The van der Waals surface area contributed by atoms with Gasteiger partial charge in [0.05, 0.1) is 4.92 Å². The molecule has 1 atom stereocenters. The zero-order chi connectivity index (χ0) is 13.5. The van der Waals surface area contributed by atoms with E-state index in [1.807, 2.05) is 13.8 Å². The maximum Gasteiger partial charge on any atom is 0.270 e. The van der Waals surface area contributed by atoms with Crippen LogP contribution >= 0.6 is 0 Å². The summed E-state index contributed by atoms with van der Waals surface area (Å²) in [4.78, 5) is 21.6. The van der Waals surface area contributed by atoms with Crippen molar-refractivity contribution in [2.45, 2.75) is 26.3 Å². The van der Waals surface area contributed by atoms with Crippen molar-refractivity contribution in [3.05, 3.63) is 46.0 Å². The number of hydrogen-bond acceptors (Lipinski definition) is 3. The van der Waals surface area contributed by atoms with Crippen molar-refractivity contribution in [3.63, 3.8) is 0 Å². The SMILES string of the molecule is CC[C@H](C)NC(=O)/C=C/c1cccc([N+](=O)[O-])c1. The summed E-state index contributed by atoms with van der Waals surface area (Å²) in [5, 5.41) is 13.4. The van der Waals surface area contributed by atoms with Crippen LogP contribution in [0.1, 0.15) is 25.8 Å². The fraction of sp³-hybridized carbons (Fsp3) is 0.308. The lowest BCUT2D eigenvalue weighted by molar-refractivity contribution is -0.384. The molecule has 1 N–H and O–H groups in total. The highest BCUT2D eigenvalue weighted by Crippen LogP contribution is 2.13. The summed E-state index contributed by atoms with van der Waals surface area (Å²) in [7, 11) is 0. The minimum absolute atomic E-state index is 0.0134. The van der Waals surface area contributed by atoms with Crippen LogP contribution in [0.5, 0.6) is 0 Å². The van der Waals surface area contributed by atoms with Crippen molar-refractivity contribution in [1.29, 1.82) is 0 Å². The lowest BCUT2D eigenvalue weighted by Gasteiger charge is -2.08. The smallest absolute Gasteiger partial charge is 0.270 e. The van der Waals surface area contributed by atoms with Gasteiger partial charge < -0.3 is 5.32 Å². The van der Waals surface area contributed by atoms with E-state index >= 15 is 0 Å². The third kappa shape index (κ3) is 4.37. The molecule has 0 saturated carbocycles. The Hall–Kier alpha value is -2.17. The number of amides is 1. The Bertz CT molecular complexity index is 469. The van der Waals surface area contributed by atoms with Crippen molar-refractivity contribution in [2.75, 3.05) is 0 Å². The minimum Gasteiger partial charge on any atom is -0.350 e. The minimum atomic E-state index is -0.462. The Morgan fingerprint density at radius 2 is 2.28 bits per heavy atom. The first kappa shape index (κ1) is 13.9. The molecule has 96 valence electrons. The molecule has 0 aliphatic heterocycles. The van der Waals surface area contributed by atoms with Gasteiger partial charge in [0, 0.05) is 24.3 Å². The quantitative estimate of drug-likeness (QED) is 0.494. The van der Waals surface area contributed by atoms with Gasteiger partial charge in [0.25, 0.3) is 5.69 Å². The number of benzene rings is 1. The number of rotatable bonds is 5. The van der Waals surface area contributed by atoms with E-state index in [2.05, 4.69) is 5.32 Å². The number of nitro groups is 1. The number of hydrogen-bond donors (Lipinski definition) is 1. The average molecular weight is 248 g/mol. The van der Waals surface area contributed by atoms with E-state index in [9.17, 15) is 14.9 Å². The predicted octanol–water partition coefficient (Wildman–Crippen LogP) is 2.52.